The van der Waals surface area contributed by atoms with Crippen LogP contribution in [0.3, 0.4) is 0 Å². The quantitative estimate of drug-likeness (QED) is 0.278. The molecule has 1 fully saturated rings. The number of ether oxygens (including phenoxy) is 4. The number of methoxy groups -OCH3 is 2. The van der Waals surface area contributed by atoms with Gasteiger partial charge < -0.3 is 29.2 Å². The van der Waals surface area contributed by atoms with Gasteiger partial charge >= 0.3 is 0 Å². The first-order valence-electron chi connectivity index (χ1n) is 14.1. The van der Waals surface area contributed by atoms with E-state index in [-0.39, 0.29) is 23.9 Å². The van der Waals surface area contributed by atoms with Crippen LogP contribution in [0.15, 0.2) is 72.8 Å². The Hall–Kier alpha value is -3.55. The predicted molar refractivity (Wildman–Crippen MR) is 158 cm³/mol. The fraction of sp³-hybridized carbons (Fsp3) is 0.424. The molecule has 3 aromatic carbocycles. The molecule has 0 radical (unpaired) electrons. The number of hydrogen-bond acceptors (Lipinski definition) is 6. The van der Waals surface area contributed by atoms with Crippen molar-refractivity contribution in [1.29, 1.82) is 0 Å². The van der Waals surface area contributed by atoms with Gasteiger partial charge in [-0.15, -0.1) is 0 Å². The number of rotatable bonds is 13. The van der Waals surface area contributed by atoms with Gasteiger partial charge in [-0.05, 0) is 50.1 Å². The minimum Gasteiger partial charge on any atom is -0.493 e. The summed E-state index contributed by atoms with van der Waals surface area (Å²) >= 11 is 0. The summed E-state index contributed by atoms with van der Waals surface area (Å²) in [5.41, 5.74) is 2.81. The summed E-state index contributed by atoms with van der Waals surface area (Å²) in [6, 6.07) is 24.0. The molecule has 0 saturated carbocycles. The summed E-state index contributed by atoms with van der Waals surface area (Å²) in [6.45, 7) is 7.41. The molecule has 4 rings (SSSR count). The van der Waals surface area contributed by atoms with Gasteiger partial charge in [0.1, 0.15) is 5.75 Å². The number of amides is 1. The van der Waals surface area contributed by atoms with Crippen LogP contribution in [0.5, 0.6) is 17.2 Å². The van der Waals surface area contributed by atoms with Gasteiger partial charge in [0.15, 0.2) is 11.5 Å². The molecule has 2 atom stereocenters. The number of carbonyl (C=O) groups excluding carboxylic acids is 1. The molecule has 7 heteroatoms. The monoisotopic (exact) mass is 546 g/mol. The lowest BCUT2D eigenvalue weighted by Crippen LogP contribution is -2.54. The molecule has 40 heavy (non-hydrogen) atoms. The SMILES string of the molecule is COCCCOc1cc(C(=O)N(C(C)C)[C@H]2CNC[C@@H](COc3ccccc3-c3ccccc3)C2)ccc1OC. The summed E-state index contributed by atoms with van der Waals surface area (Å²) < 4.78 is 22.9. The van der Waals surface area contributed by atoms with E-state index < -0.39 is 0 Å². The maximum atomic E-state index is 13.9. The highest BCUT2D eigenvalue weighted by atomic mass is 16.5. The van der Waals surface area contributed by atoms with E-state index in [9.17, 15) is 4.79 Å². The minimum absolute atomic E-state index is 0.0119. The van der Waals surface area contributed by atoms with Crippen LogP contribution >= 0.6 is 0 Å². The van der Waals surface area contributed by atoms with E-state index in [0.717, 1.165) is 42.8 Å². The van der Waals surface area contributed by atoms with E-state index in [1.165, 1.54) is 0 Å². The second-order valence-corrected chi connectivity index (χ2v) is 10.5. The number of nitrogens with one attached hydrogen (secondary N) is 1. The van der Waals surface area contributed by atoms with Crippen molar-refractivity contribution in [3.63, 3.8) is 0 Å². The summed E-state index contributed by atoms with van der Waals surface area (Å²) in [5, 5.41) is 3.55. The molecule has 0 unspecified atom stereocenters. The summed E-state index contributed by atoms with van der Waals surface area (Å²) in [6.07, 6.45) is 1.62. The average molecular weight is 547 g/mol. The van der Waals surface area contributed by atoms with Crippen molar-refractivity contribution in [2.45, 2.75) is 38.8 Å². The van der Waals surface area contributed by atoms with Crippen molar-refractivity contribution < 1.29 is 23.7 Å². The Morgan fingerprint density at radius 2 is 1.68 bits per heavy atom. The molecule has 3 aromatic rings. The third-order valence-electron chi connectivity index (χ3n) is 7.21. The normalized spacial score (nSPS) is 16.9. The number of para-hydroxylation sites is 1. The largest absolute Gasteiger partial charge is 0.493 e. The first kappa shape index (κ1) is 29.4. The van der Waals surface area contributed by atoms with Crippen molar-refractivity contribution in [3.8, 4) is 28.4 Å². The Labute approximate surface area is 238 Å². The van der Waals surface area contributed by atoms with E-state index in [4.69, 9.17) is 18.9 Å². The minimum atomic E-state index is -0.0119. The van der Waals surface area contributed by atoms with E-state index in [2.05, 4.69) is 37.4 Å². The topological polar surface area (TPSA) is 69.3 Å². The summed E-state index contributed by atoms with van der Waals surface area (Å²) in [5.74, 6) is 2.31. The zero-order chi connectivity index (χ0) is 28.3. The van der Waals surface area contributed by atoms with Crippen molar-refractivity contribution in [2.75, 3.05) is 47.1 Å². The Morgan fingerprint density at radius 3 is 2.42 bits per heavy atom. The van der Waals surface area contributed by atoms with Gasteiger partial charge in [-0.1, -0.05) is 48.5 Å². The van der Waals surface area contributed by atoms with E-state index in [1.54, 1.807) is 26.4 Å². The van der Waals surface area contributed by atoms with Crippen LogP contribution in [0.2, 0.25) is 0 Å². The van der Waals surface area contributed by atoms with Crippen LogP contribution < -0.4 is 19.5 Å². The molecule has 0 bridgehead atoms. The standard InChI is InChI=1S/C33H42N2O5/c1-24(2)35(33(36)27-15-16-31(38-4)32(20-27)39-18-10-17-37-3)28-19-25(21-34-22-28)23-40-30-14-9-8-13-29(30)26-11-6-5-7-12-26/h5-9,11-16,20,24-25,28,34H,10,17-19,21-23H2,1-4H3/t25-,28+/m0/s1. The van der Waals surface area contributed by atoms with E-state index >= 15 is 0 Å². The van der Waals surface area contributed by atoms with Crippen LogP contribution in [-0.2, 0) is 4.74 Å². The summed E-state index contributed by atoms with van der Waals surface area (Å²) in [7, 11) is 3.27. The number of benzene rings is 3. The van der Waals surface area contributed by atoms with Crippen LogP contribution in [0.1, 0.15) is 37.0 Å². The highest BCUT2D eigenvalue weighted by Gasteiger charge is 2.32. The zero-order valence-corrected chi connectivity index (χ0v) is 24.1. The van der Waals surface area contributed by atoms with Crippen molar-refractivity contribution in [3.05, 3.63) is 78.4 Å². The van der Waals surface area contributed by atoms with Gasteiger partial charge in [0.2, 0.25) is 0 Å². The van der Waals surface area contributed by atoms with Crippen LogP contribution in [0.4, 0.5) is 0 Å². The lowest BCUT2D eigenvalue weighted by Gasteiger charge is -2.40. The van der Waals surface area contributed by atoms with Crippen LogP contribution in [0.25, 0.3) is 11.1 Å². The molecular formula is C33H42N2O5. The maximum Gasteiger partial charge on any atom is 0.254 e. The molecule has 1 saturated heterocycles. The summed E-state index contributed by atoms with van der Waals surface area (Å²) in [4.78, 5) is 15.8. The number of piperidine rings is 1. The molecule has 1 aliphatic rings. The van der Waals surface area contributed by atoms with Gasteiger partial charge in [0.25, 0.3) is 5.91 Å². The van der Waals surface area contributed by atoms with Gasteiger partial charge in [-0.25, -0.2) is 0 Å². The fourth-order valence-corrected chi connectivity index (χ4v) is 5.28. The first-order valence-corrected chi connectivity index (χ1v) is 14.1. The smallest absolute Gasteiger partial charge is 0.254 e. The molecule has 0 aliphatic carbocycles. The highest BCUT2D eigenvalue weighted by Crippen LogP contribution is 2.32. The number of nitrogens with zero attached hydrogens (tertiary/aromatic N) is 1. The molecule has 1 aliphatic heterocycles. The Morgan fingerprint density at radius 1 is 0.900 bits per heavy atom. The van der Waals surface area contributed by atoms with E-state index in [1.807, 2.05) is 47.4 Å². The molecule has 1 amide bonds. The molecule has 214 valence electrons. The number of carbonyl (C=O) groups is 1. The van der Waals surface area contributed by atoms with Gasteiger partial charge in [0, 0.05) is 62.4 Å². The lowest BCUT2D eigenvalue weighted by molar-refractivity contribution is 0.0509. The van der Waals surface area contributed by atoms with Gasteiger partial charge in [0.05, 0.1) is 20.3 Å². The molecule has 0 spiro atoms. The van der Waals surface area contributed by atoms with Crippen LogP contribution in [-0.4, -0.2) is 70.0 Å². The molecule has 0 aromatic heterocycles. The van der Waals surface area contributed by atoms with E-state index in [0.29, 0.717) is 36.9 Å². The third kappa shape index (κ3) is 7.55. The second kappa shape index (κ2) is 14.7. The van der Waals surface area contributed by atoms with Crippen molar-refractivity contribution in [2.24, 2.45) is 5.92 Å². The molecule has 1 heterocycles. The first-order chi connectivity index (χ1) is 19.5. The lowest BCUT2D eigenvalue weighted by atomic mass is 9.93. The van der Waals surface area contributed by atoms with Crippen LogP contribution in [0, 0.1) is 5.92 Å². The third-order valence-corrected chi connectivity index (χ3v) is 7.21. The second-order valence-electron chi connectivity index (χ2n) is 10.5. The van der Waals surface area contributed by atoms with Gasteiger partial charge in [-0.3, -0.25) is 4.79 Å². The Bertz CT molecular complexity index is 1220. The maximum absolute atomic E-state index is 13.9. The van der Waals surface area contributed by atoms with Gasteiger partial charge in [-0.2, -0.15) is 0 Å². The molecule has 7 nitrogen and oxygen atoms in total. The van der Waals surface area contributed by atoms with Crippen molar-refractivity contribution in [1.82, 2.24) is 10.2 Å². The fourth-order valence-electron chi connectivity index (χ4n) is 5.28. The predicted octanol–water partition coefficient (Wildman–Crippen LogP) is 5.69. The number of hydrogen-bond donors (Lipinski definition) is 1. The van der Waals surface area contributed by atoms with Crippen molar-refractivity contribution >= 4 is 5.91 Å². The molecular weight excluding hydrogens is 504 g/mol. The Balaban J connectivity index is 1.44. The zero-order valence-electron chi connectivity index (χ0n) is 24.1. The Kier molecular flexibility index (Phi) is 10.8. The average Bonchev–Trinajstić information content (AvgIpc) is 2.99. The highest BCUT2D eigenvalue weighted by molar-refractivity contribution is 5.95. The molecule has 1 N–H and O–H groups in total.